The number of hydrogen-bond donors (Lipinski definition) is 1. The molecule has 0 atom stereocenters. The molecule has 0 unspecified atom stereocenters. The Balaban J connectivity index is 1.89. The maximum Gasteiger partial charge on any atom is 0.245 e. The first-order valence-corrected chi connectivity index (χ1v) is 6.41. The monoisotopic (exact) mass is 295 g/mol. The number of methoxy groups -OCH3 is 1. The number of hydrogen-bond acceptors (Lipinski definition) is 5. The molecule has 7 heteroatoms. The van der Waals surface area contributed by atoms with Gasteiger partial charge in [0.2, 0.25) is 17.6 Å². The lowest BCUT2D eigenvalue weighted by Gasteiger charge is -2.01. The summed E-state index contributed by atoms with van der Waals surface area (Å²) in [7, 11) is 1.47. The summed E-state index contributed by atoms with van der Waals surface area (Å²) in [4.78, 5) is 15.4. The minimum atomic E-state index is -0.176. The third-order valence-electron chi connectivity index (χ3n) is 2.51. The molecule has 0 saturated carbocycles. The van der Waals surface area contributed by atoms with Crippen molar-refractivity contribution in [3.8, 4) is 11.4 Å². The zero-order valence-electron chi connectivity index (χ0n) is 10.9. The molecule has 1 aromatic heterocycles. The number of ether oxygens (including phenoxy) is 1. The number of amides is 1. The highest BCUT2D eigenvalue weighted by Gasteiger charge is 2.09. The molecule has 0 aliphatic rings. The van der Waals surface area contributed by atoms with E-state index in [1.54, 1.807) is 12.1 Å². The number of nitrogens with one attached hydrogen (secondary N) is 1. The average molecular weight is 296 g/mol. The highest BCUT2D eigenvalue weighted by Crippen LogP contribution is 2.18. The summed E-state index contributed by atoms with van der Waals surface area (Å²) < 4.78 is 9.82. The number of rotatable bonds is 6. The molecule has 1 heterocycles. The molecule has 20 heavy (non-hydrogen) atoms. The Morgan fingerprint density at radius 1 is 1.40 bits per heavy atom. The van der Waals surface area contributed by atoms with Crippen LogP contribution in [0.1, 0.15) is 5.89 Å². The Bertz CT molecular complexity index is 568. The van der Waals surface area contributed by atoms with Crippen molar-refractivity contribution in [2.24, 2.45) is 0 Å². The van der Waals surface area contributed by atoms with E-state index in [1.165, 1.54) is 7.11 Å². The van der Waals surface area contributed by atoms with E-state index < -0.39 is 0 Å². The van der Waals surface area contributed by atoms with E-state index in [0.717, 1.165) is 5.56 Å². The Labute approximate surface area is 121 Å². The van der Waals surface area contributed by atoms with Gasteiger partial charge in [0, 0.05) is 30.7 Å². The smallest absolute Gasteiger partial charge is 0.245 e. The van der Waals surface area contributed by atoms with E-state index in [9.17, 15) is 4.79 Å². The van der Waals surface area contributed by atoms with Crippen molar-refractivity contribution in [3.63, 3.8) is 0 Å². The number of carbonyl (C=O) groups excluding carboxylic acids is 1. The number of aromatic nitrogens is 2. The van der Waals surface area contributed by atoms with Crippen molar-refractivity contribution >= 4 is 17.5 Å². The van der Waals surface area contributed by atoms with Crippen LogP contribution in [-0.2, 0) is 16.0 Å². The van der Waals surface area contributed by atoms with Crippen molar-refractivity contribution in [1.82, 2.24) is 15.5 Å². The largest absolute Gasteiger partial charge is 0.375 e. The zero-order chi connectivity index (χ0) is 14.4. The molecule has 106 valence electrons. The first-order valence-electron chi connectivity index (χ1n) is 6.03. The third-order valence-corrected chi connectivity index (χ3v) is 2.76. The molecule has 1 N–H and O–H groups in total. The minimum Gasteiger partial charge on any atom is -0.375 e. The molecule has 0 fully saturated rings. The van der Waals surface area contributed by atoms with Crippen molar-refractivity contribution in [2.75, 3.05) is 20.3 Å². The summed E-state index contributed by atoms with van der Waals surface area (Å²) in [5, 5.41) is 7.21. The van der Waals surface area contributed by atoms with E-state index in [4.69, 9.17) is 20.9 Å². The van der Waals surface area contributed by atoms with Gasteiger partial charge >= 0.3 is 0 Å². The lowest BCUT2D eigenvalue weighted by Crippen LogP contribution is -2.29. The van der Waals surface area contributed by atoms with Gasteiger partial charge < -0.3 is 14.6 Å². The second kappa shape index (κ2) is 7.02. The van der Waals surface area contributed by atoms with Crippen molar-refractivity contribution < 1.29 is 14.1 Å². The summed E-state index contributed by atoms with van der Waals surface area (Å²) >= 11 is 5.81. The maximum atomic E-state index is 11.2. The van der Waals surface area contributed by atoms with Crippen molar-refractivity contribution in [2.45, 2.75) is 6.42 Å². The van der Waals surface area contributed by atoms with Crippen LogP contribution in [0.4, 0.5) is 0 Å². The molecule has 0 aliphatic carbocycles. The van der Waals surface area contributed by atoms with E-state index >= 15 is 0 Å². The van der Waals surface area contributed by atoms with Gasteiger partial charge in [-0.15, -0.1) is 0 Å². The second-order valence-corrected chi connectivity index (χ2v) is 4.49. The molecule has 0 spiro atoms. The average Bonchev–Trinajstić information content (AvgIpc) is 2.89. The molecule has 0 aliphatic heterocycles. The highest BCUT2D eigenvalue weighted by atomic mass is 35.5. The second-order valence-electron chi connectivity index (χ2n) is 4.05. The van der Waals surface area contributed by atoms with Crippen LogP contribution >= 0.6 is 11.6 Å². The Morgan fingerprint density at radius 2 is 2.15 bits per heavy atom. The molecule has 6 nitrogen and oxygen atoms in total. The van der Waals surface area contributed by atoms with Crippen LogP contribution in [-0.4, -0.2) is 36.3 Å². The summed E-state index contributed by atoms with van der Waals surface area (Å²) in [5.74, 6) is 0.789. The molecule has 2 rings (SSSR count). The number of halogens is 1. The fourth-order valence-corrected chi connectivity index (χ4v) is 1.69. The quantitative estimate of drug-likeness (QED) is 0.877. The SMILES string of the molecule is COCC(=O)NCCc1nc(-c2ccc(Cl)cc2)no1. The molecular weight excluding hydrogens is 282 g/mol. The maximum absolute atomic E-state index is 11.2. The normalized spacial score (nSPS) is 10.5. The number of benzene rings is 1. The number of carbonyl (C=O) groups is 1. The fourth-order valence-electron chi connectivity index (χ4n) is 1.56. The van der Waals surface area contributed by atoms with E-state index in [0.29, 0.717) is 29.7 Å². The zero-order valence-corrected chi connectivity index (χ0v) is 11.7. The molecule has 0 bridgehead atoms. The van der Waals surface area contributed by atoms with Crippen LogP contribution in [0.5, 0.6) is 0 Å². The summed E-state index contributed by atoms with van der Waals surface area (Å²) in [6.07, 6.45) is 0.468. The topological polar surface area (TPSA) is 77.2 Å². The molecule has 1 aromatic carbocycles. The van der Waals surface area contributed by atoms with Gasteiger partial charge in [0.25, 0.3) is 0 Å². The van der Waals surface area contributed by atoms with E-state index in [2.05, 4.69) is 15.5 Å². The first-order chi connectivity index (χ1) is 9.69. The van der Waals surface area contributed by atoms with Gasteiger partial charge in [0.05, 0.1) is 0 Å². The first kappa shape index (κ1) is 14.5. The molecule has 1 amide bonds. The van der Waals surface area contributed by atoms with E-state index in [1.807, 2.05) is 12.1 Å². The van der Waals surface area contributed by atoms with Gasteiger partial charge in [-0.2, -0.15) is 4.98 Å². The van der Waals surface area contributed by atoms with Gasteiger partial charge in [-0.25, -0.2) is 0 Å². The van der Waals surface area contributed by atoms with Crippen LogP contribution in [0.3, 0.4) is 0 Å². The molecule has 2 aromatic rings. The fraction of sp³-hybridized carbons (Fsp3) is 0.308. The summed E-state index contributed by atoms with van der Waals surface area (Å²) in [5.41, 5.74) is 0.827. The predicted octanol–water partition coefficient (Wildman–Crippen LogP) is 1.70. The van der Waals surface area contributed by atoms with Crippen molar-refractivity contribution in [1.29, 1.82) is 0 Å². The third kappa shape index (κ3) is 4.04. The summed E-state index contributed by atoms with van der Waals surface area (Å²) in [6.45, 7) is 0.463. The van der Waals surface area contributed by atoms with Crippen LogP contribution in [0.25, 0.3) is 11.4 Å². The van der Waals surface area contributed by atoms with Crippen LogP contribution < -0.4 is 5.32 Å². The van der Waals surface area contributed by atoms with Crippen molar-refractivity contribution in [3.05, 3.63) is 35.2 Å². The minimum absolute atomic E-state index is 0.0415. The highest BCUT2D eigenvalue weighted by molar-refractivity contribution is 6.30. The standard InChI is InChI=1S/C13H14ClN3O3/c1-19-8-11(18)15-7-6-12-16-13(17-20-12)9-2-4-10(14)5-3-9/h2-5H,6-8H2,1H3,(H,15,18). The van der Waals surface area contributed by atoms with Gasteiger partial charge in [-0.05, 0) is 24.3 Å². The molecule has 0 saturated heterocycles. The lowest BCUT2D eigenvalue weighted by molar-refractivity contribution is -0.124. The Kier molecular flexibility index (Phi) is 5.09. The molecular formula is C13H14ClN3O3. The van der Waals surface area contributed by atoms with Crippen LogP contribution in [0.2, 0.25) is 5.02 Å². The number of nitrogens with zero attached hydrogens (tertiary/aromatic N) is 2. The summed E-state index contributed by atoms with van der Waals surface area (Å²) in [6, 6.07) is 7.16. The van der Waals surface area contributed by atoms with Gasteiger partial charge in [-0.1, -0.05) is 16.8 Å². The lowest BCUT2D eigenvalue weighted by atomic mass is 10.2. The van der Waals surface area contributed by atoms with Gasteiger partial charge in [0.15, 0.2) is 0 Å². The van der Waals surface area contributed by atoms with Gasteiger partial charge in [0.1, 0.15) is 6.61 Å². The Morgan fingerprint density at radius 3 is 2.85 bits per heavy atom. The van der Waals surface area contributed by atoms with Crippen LogP contribution in [0, 0.1) is 0 Å². The Hall–Kier alpha value is -1.92. The van der Waals surface area contributed by atoms with Gasteiger partial charge in [-0.3, -0.25) is 4.79 Å². The molecule has 0 radical (unpaired) electrons. The van der Waals surface area contributed by atoms with E-state index in [-0.39, 0.29) is 12.5 Å². The van der Waals surface area contributed by atoms with Crippen LogP contribution in [0.15, 0.2) is 28.8 Å². The predicted molar refractivity (Wildman–Crippen MR) is 73.3 cm³/mol.